The Bertz CT molecular complexity index is 1110. The Morgan fingerprint density at radius 2 is 1.80 bits per heavy atom. The van der Waals surface area contributed by atoms with Crippen molar-refractivity contribution in [2.75, 3.05) is 30.4 Å². The van der Waals surface area contributed by atoms with Gasteiger partial charge in [-0.2, -0.15) is 5.10 Å². The lowest BCUT2D eigenvalue weighted by molar-refractivity contribution is -0.114. The number of anilines is 2. The van der Waals surface area contributed by atoms with Gasteiger partial charge in [-0.1, -0.05) is 18.2 Å². The highest BCUT2D eigenvalue weighted by Crippen LogP contribution is 2.35. The van der Waals surface area contributed by atoms with Gasteiger partial charge in [-0.15, -0.1) is 5.10 Å². The number of carbonyl (C=O) groups excluding carboxylic acids is 1. The van der Waals surface area contributed by atoms with Gasteiger partial charge in [0.2, 0.25) is 5.91 Å². The van der Waals surface area contributed by atoms with Crippen LogP contribution in [0.1, 0.15) is 0 Å². The van der Waals surface area contributed by atoms with E-state index in [2.05, 4.69) is 15.5 Å². The Balaban J connectivity index is 2.04. The summed E-state index contributed by atoms with van der Waals surface area (Å²) < 4.78 is 38.4. The Hall–Kier alpha value is -3.66. The first-order valence-electron chi connectivity index (χ1n) is 8.83. The second-order valence-electron chi connectivity index (χ2n) is 6.02. The molecule has 3 rings (SSSR count). The van der Waals surface area contributed by atoms with Crippen LogP contribution in [0, 0.1) is 0 Å². The number of hydrogen-bond donors (Lipinski definition) is 1. The van der Waals surface area contributed by atoms with Crippen molar-refractivity contribution in [1.29, 1.82) is 0 Å². The van der Waals surface area contributed by atoms with E-state index in [-0.39, 0.29) is 22.2 Å². The van der Waals surface area contributed by atoms with Crippen molar-refractivity contribution in [3.05, 3.63) is 66.9 Å². The van der Waals surface area contributed by atoms with E-state index >= 15 is 0 Å². The van der Waals surface area contributed by atoms with Crippen LogP contribution in [-0.2, 0) is 14.8 Å². The molecule has 1 N–H and O–H groups in total. The number of methoxy groups -OCH3 is 2. The van der Waals surface area contributed by atoms with Gasteiger partial charge in [0, 0.05) is 12.3 Å². The zero-order chi connectivity index (χ0) is 21.6. The number of ether oxygens (including phenoxy) is 2. The molecule has 0 aliphatic rings. The summed E-state index contributed by atoms with van der Waals surface area (Å²) in [5.41, 5.74) is 0.162. The number of nitrogens with zero attached hydrogens (tertiary/aromatic N) is 3. The molecule has 0 bridgehead atoms. The van der Waals surface area contributed by atoms with Gasteiger partial charge in [0.05, 0.1) is 24.8 Å². The maximum absolute atomic E-state index is 13.4. The molecule has 9 nitrogen and oxygen atoms in total. The van der Waals surface area contributed by atoms with Gasteiger partial charge >= 0.3 is 0 Å². The highest BCUT2D eigenvalue weighted by atomic mass is 32.2. The molecule has 30 heavy (non-hydrogen) atoms. The van der Waals surface area contributed by atoms with E-state index in [4.69, 9.17) is 9.47 Å². The summed E-state index contributed by atoms with van der Waals surface area (Å²) >= 11 is 0. The summed E-state index contributed by atoms with van der Waals surface area (Å²) in [7, 11) is -1.22. The maximum atomic E-state index is 13.4. The molecule has 0 saturated heterocycles. The predicted molar refractivity (Wildman–Crippen MR) is 111 cm³/mol. The topological polar surface area (TPSA) is 111 Å². The Kier molecular flexibility index (Phi) is 6.48. The summed E-state index contributed by atoms with van der Waals surface area (Å²) in [4.78, 5) is 12.7. The maximum Gasteiger partial charge on any atom is 0.264 e. The predicted octanol–water partition coefficient (Wildman–Crippen LogP) is 2.33. The molecule has 0 fully saturated rings. The van der Waals surface area contributed by atoms with Crippen LogP contribution in [0.5, 0.6) is 11.5 Å². The number of aromatic nitrogens is 2. The van der Waals surface area contributed by atoms with E-state index in [1.807, 2.05) is 0 Å². The Labute approximate surface area is 174 Å². The smallest absolute Gasteiger partial charge is 0.264 e. The van der Waals surface area contributed by atoms with E-state index in [9.17, 15) is 13.2 Å². The summed E-state index contributed by atoms with van der Waals surface area (Å²) in [6.45, 7) is -0.517. The van der Waals surface area contributed by atoms with Crippen molar-refractivity contribution >= 4 is 27.4 Å². The second-order valence-corrected chi connectivity index (χ2v) is 7.88. The monoisotopic (exact) mass is 428 g/mol. The van der Waals surface area contributed by atoms with Gasteiger partial charge < -0.3 is 14.8 Å². The molecular formula is C20H20N4O5S. The lowest BCUT2D eigenvalue weighted by Gasteiger charge is -2.26. The fourth-order valence-corrected chi connectivity index (χ4v) is 4.14. The number of nitrogens with one attached hydrogen (secondary N) is 1. The average Bonchev–Trinajstić information content (AvgIpc) is 2.78. The largest absolute Gasteiger partial charge is 0.497 e. The minimum absolute atomic E-state index is 0.0298. The fraction of sp³-hybridized carbons (Fsp3) is 0.150. The summed E-state index contributed by atoms with van der Waals surface area (Å²) in [5.74, 6) is 0.285. The number of benzene rings is 2. The summed E-state index contributed by atoms with van der Waals surface area (Å²) in [6.07, 6.45) is 1.46. The summed E-state index contributed by atoms with van der Waals surface area (Å²) in [5, 5.41) is 10.0. The molecule has 0 saturated carbocycles. The van der Waals surface area contributed by atoms with Gasteiger partial charge in [-0.25, -0.2) is 8.42 Å². The summed E-state index contributed by atoms with van der Waals surface area (Å²) in [6, 6.07) is 15.7. The highest BCUT2D eigenvalue weighted by Gasteiger charge is 2.30. The van der Waals surface area contributed by atoms with E-state index in [1.54, 1.807) is 42.5 Å². The van der Waals surface area contributed by atoms with Gasteiger partial charge in [0.1, 0.15) is 18.0 Å². The van der Waals surface area contributed by atoms with E-state index < -0.39 is 22.5 Å². The zero-order valence-electron chi connectivity index (χ0n) is 16.3. The fourth-order valence-electron chi connectivity index (χ4n) is 2.69. The van der Waals surface area contributed by atoms with Crippen LogP contribution in [0.4, 0.5) is 11.5 Å². The third-order valence-electron chi connectivity index (χ3n) is 4.11. The minimum Gasteiger partial charge on any atom is -0.497 e. The zero-order valence-corrected chi connectivity index (χ0v) is 17.2. The molecule has 0 aliphatic heterocycles. The molecule has 0 aliphatic carbocycles. The van der Waals surface area contributed by atoms with Crippen molar-refractivity contribution in [2.24, 2.45) is 0 Å². The van der Waals surface area contributed by atoms with Crippen molar-refractivity contribution in [2.45, 2.75) is 4.90 Å². The molecule has 156 valence electrons. The van der Waals surface area contributed by atoms with Crippen LogP contribution in [0.2, 0.25) is 0 Å². The first-order chi connectivity index (χ1) is 14.5. The quantitative estimate of drug-likeness (QED) is 0.586. The number of sulfonamides is 1. The molecule has 10 heteroatoms. The molecule has 0 radical (unpaired) electrons. The molecule has 1 aromatic heterocycles. The third kappa shape index (κ3) is 4.66. The van der Waals surface area contributed by atoms with Crippen molar-refractivity contribution in [3.63, 3.8) is 0 Å². The first kappa shape index (κ1) is 21.1. The van der Waals surface area contributed by atoms with Crippen LogP contribution in [0.3, 0.4) is 0 Å². The van der Waals surface area contributed by atoms with Crippen LogP contribution in [-0.4, -0.2) is 45.3 Å². The van der Waals surface area contributed by atoms with Gasteiger partial charge in [-0.3, -0.25) is 9.10 Å². The first-order valence-corrected chi connectivity index (χ1v) is 10.3. The molecule has 0 unspecified atom stereocenters. The van der Waals surface area contributed by atoms with Crippen molar-refractivity contribution in [1.82, 2.24) is 10.2 Å². The number of hydrogen-bond acceptors (Lipinski definition) is 7. The number of amides is 1. The molecule has 2 aromatic carbocycles. The van der Waals surface area contributed by atoms with E-state index in [0.29, 0.717) is 5.75 Å². The lowest BCUT2D eigenvalue weighted by Crippen LogP contribution is -2.38. The van der Waals surface area contributed by atoms with Gasteiger partial charge in [-0.05, 0) is 36.4 Å². The van der Waals surface area contributed by atoms with Gasteiger partial charge in [0.15, 0.2) is 5.82 Å². The minimum atomic E-state index is -4.10. The Morgan fingerprint density at radius 1 is 1.03 bits per heavy atom. The standard InChI is InChI=1S/C20H20N4O5S/c1-28-15-10-11-18(29-2)17(13-15)24(30(26,27)16-7-4-3-5-8-16)14-20(25)22-19-9-6-12-21-23-19/h3-13H,14H2,1-2H3,(H,22,23,25). The molecule has 0 atom stereocenters. The molecule has 0 spiro atoms. The average molecular weight is 428 g/mol. The lowest BCUT2D eigenvalue weighted by atomic mass is 10.2. The molecular weight excluding hydrogens is 408 g/mol. The second kappa shape index (κ2) is 9.23. The number of rotatable bonds is 8. The normalized spacial score (nSPS) is 10.9. The Morgan fingerprint density at radius 3 is 2.43 bits per heavy atom. The SMILES string of the molecule is COc1ccc(OC)c(N(CC(=O)Nc2cccnn2)S(=O)(=O)c2ccccc2)c1. The van der Waals surface area contributed by atoms with E-state index in [0.717, 1.165) is 4.31 Å². The molecule has 1 heterocycles. The van der Waals surface area contributed by atoms with Crippen molar-refractivity contribution < 1.29 is 22.7 Å². The highest BCUT2D eigenvalue weighted by molar-refractivity contribution is 7.92. The van der Waals surface area contributed by atoms with E-state index in [1.165, 1.54) is 38.6 Å². The number of carbonyl (C=O) groups is 1. The molecule has 1 amide bonds. The van der Waals surface area contributed by atoms with Crippen molar-refractivity contribution in [3.8, 4) is 11.5 Å². The van der Waals surface area contributed by atoms with Crippen LogP contribution >= 0.6 is 0 Å². The van der Waals surface area contributed by atoms with Crippen LogP contribution in [0.25, 0.3) is 0 Å². The van der Waals surface area contributed by atoms with Crippen LogP contribution < -0.4 is 19.1 Å². The molecule has 3 aromatic rings. The third-order valence-corrected chi connectivity index (χ3v) is 5.89. The van der Waals surface area contributed by atoms with Gasteiger partial charge in [0.25, 0.3) is 10.0 Å². The van der Waals surface area contributed by atoms with Crippen LogP contribution in [0.15, 0.2) is 71.8 Å².